The van der Waals surface area contributed by atoms with Crippen molar-refractivity contribution < 1.29 is 4.79 Å². The molecule has 4 rings (SSSR count). The molecule has 1 aliphatic heterocycles. The monoisotopic (exact) mass is 401 g/mol. The van der Waals surface area contributed by atoms with Gasteiger partial charge in [0.25, 0.3) is 5.91 Å². The summed E-state index contributed by atoms with van der Waals surface area (Å²) in [5, 5.41) is 6.07. The first-order valence-corrected chi connectivity index (χ1v) is 11.1. The van der Waals surface area contributed by atoms with Gasteiger partial charge in [-0.05, 0) is 48.9 Å². The fourth-order valence-electron chi connectivity index (χ4n) is 4.38. The number of benzene rings is 3. The first-order chi connectivity index (χ1) is 14.7. The van der Waals surface area contributed by atoms with Crippen molar-refractivity contribution in [1.82, 2.24) is 10.2 Å². The van der Waals surface area contributed by atoms with Crippen molar-refractivity contribution >= 4 is 22.4 Å². The molecule has 0 bridgehead atoms. The highest BCUT2D eigenvalue weighted by atomic mass is 16.2. The predicted octanol–water partition coefficient (Wildman–Crippen LogP) is 4.32. The van der Waals surface area contributed by atoms with Gasteiger partial charge in [-0.2, -0.15) is 0 Å². The molecule has 1 saturated heterocycles. The molecular formula is C26H31N3O. The van der Waals surface area contributed by atoms with Crippen molar-refractivity contribution in [1.29, 1.82) is 0 Å². The first-order valence-electron chi connectivity index (χ1n) is 11.1. The van der Waals surface area contributed by atoms with Crippen molar-refractivity contribution in [3.05, 3.63) is 77.4 Å². The summed E-state index contributed by atoms with van der Waals surface area (Å²) in [7, 11) is 0. The second-order valence-electron chi connectivity index (χ2n) is 7.88. The third kappa shape index (κ3) is 4.19. The van der Waals surface area contributed by atoms with E-state index in [4.69, 9.17) is 0 Å². The van der Waals surface area contributed by atoms with Crippen LogP contribution in [0.1, 0.15) is 35.3 Å². The molecule has 0 aliphatic carbocycles. The number of carbonyl (C=O) groups excluding carboxylic acids is 1. The van der Waals surface area contributed by atoms with E-state index in [0.717, 1.165) is 51.3 Å². The van der Waals surface area contributed by atoms with Crippen molar-refractivity contribution in [2.45, 2.75) is 20.3 Å². The zero-order valence-corrected chi connectivity index (χ0v) is 18.0. The number of amides is 1. The van der Waals surface area contributed by atoms with E-state index in [1.54, 1.807) is 0 Å². The SMILES string of the molecule is CCN(CC)C(=O)c1ccc(Cc2ccc3ccccc3c2N2CCNCC2)cc1. The van der Waals surface area contributed by atoms with Crippen LogP contribution in [0.15, 0.2) is 60.7 Å². The van der Waals surface area contributed by atoms with Crippen molar-refractivity contribution in [3.63, 3.8) is 0 Å². The third-order valence-corrected chi connectivity index (χ3v) is 6.06. The Morgan fingerprint density at radius 2 is 1.63 bits per heavy atom. The second kappa shape index (κ2) is 9.31. The van der Waals surface area contributed by atoms with Crippen molar-refractivity contribution in [3.8, 4) is 0 Å². The number of hydrogen-bond acceptors (Lipinski definition) is 3. The molecule has 0 aromatic heterocycles. The largest absolute Gasteiger partial charge is 0.368 e. The van der Waals surface area contributed by atoms with Gasteiger partial charge in [-0.1, -0.05) is 48.5 Å². The third-order valence-electron chi connectivity index (χ3n) is 6.06. The maximum Gasteiger partial charge on any atom is 0.253 e. The van der Waals surface area contributed by atoms with E-state index in [0.29, 0.717) is 0 Å². The number of carbonyl (C=O) groups is 1. The summed E-state index contributed by atoms with van der Waals surface area (Å²) in [5.41, 5.74) is 4.71. The molecule has 4 nitrogen and oxygen atoms in total. The molecule has 1 fully saturated rings. The fourth-order valence-corrected chi connectivity index (χ4v) is 4.38. The summed E-state index contributed by atoms with van der Waals surface area (Å²) < 4.78 is 0. The van der Waals surface area contributed by atoms with E-state index >= 15 is 0 Å². The molecule has 4 heteroatoms. The number of piperazine rings is 1. The van der Waals surface area contributed by atoms with Gasteiger partial charge in [-0.3, -0.25) is 4.79 Å². The maximum atomic E-state index is 12.6. The summed E-state index contributed by atoms with van der Waals surface area (Å²) in [6.07, 6.45) is 0.865. The molecule has 156 valence electrons. The van der Waals surface area contributed by atoms with Gasteiger partial charge in [0.1, 0.15) is 0 Å². The molecule has 1 amide bonds. The van der Waals surface area contributed by atoms with Gasteiger partial charge >= 0.3 is 0 Å². The molecule has 0 atom stereocenters. The molecule has 0 radical (unpaired) electrons. The predicted molar refractivity (Wildman–Crippen MR) is 126 cm³/mol. The Morgan fingerprint density at radius 3 is 2.33 bits per heavy atom. The normalized spacial score (nSPS) is 14.1. The van der Waals surface area contributed by atoms with Crippen molar-refractivity contribution in [2.75, 3.05) is 44.2 Å². The Labute approximate surface area is 179 Å². The smallest absolute Gasteiger partial charge is 0.253 e. The standard InChI is InChI=1S/C26H31N3O/c1-3-28(4-2)26(30)22-11-9-20(10-12-22)19-23-14-13-21-7-5-6-8-24(21)25(23)29-17-15-27-16-18-29/h5-14,27H,3-4,15-19H2,1-2H3. The molecule has 1 aliphatic rings. The van der Waals surface area contributed by atoms with Crippen LogP contribution in [0.3, 0.4) is 0 Å². The van der Waals surface area contributed by atoms with Crippen LogP contribution in [-0.4, -0.2) is 50.1 Å². The summed E-state index contributed by atoms with van der Waals surface area (Å²) >= 11 is 0. The topological polar surface area (TPSA) is 35.6 Å². The van der Waals surface area contributed by atoms with E-state index in [-0.39, 0.29) is 5.91 Å². The Bertz CT molecular complexity index is 1000. The van der Waals surface area contributed by atoms with Gasteiger partial charge in [0.2, 0.25) is 0 Å². The minimum absolute atomic E-state index is 0.110. The number of nitrogens with zero attached hydrogens (tertiary/aromatic N) is 2. The average Bonchev–Trinajstić information content (AvgIpc) is 2.80. The summed E-state index contributed by atoms with van der Waals surface area (Å²) in [4.78, 5) is 17.0. The molecule has 0 saturated carbocycles. The number of nitrogens with one attached hydrogen (secondary N) is 1. The lowest BCUT2D eigenvalue weighted by atomic mass is 9.96. The van der Waals surface area contributed by atoms with Gasteiger partial charge in [0.05, 0.1) is 0 Å². The zero-order valence-electron chi connectivity index (χ0n) is 18.0. The van der Waals surface area contributed by atoms with Gasteiger partial charge < -0.3 is 15.1 Å². The van der Waals surface area contributed by atoms with Gasteiger partial charge in [-0.15, -0.1) is 0 Å². The van der Waals surface area contributed by atoms with Crippen LogP contribution in [0.2, 0.25) is 0 Å². The molecule has 1 heterocycles. The van der Waals surface area contributed by atoms with E-state index < -0.39 is 0 Å². The zero-order chi connectivity index (χ0) is 20.9. The maximum absolute atomic E-state index is 12.6. The van der Waals surface area contributed by atoms with E-state index in [1.807, 2.05) is 30.9 Å². The van der Waals surface area contributed by atoms with Crippen LogP contribution in [0.25, 0.3) is 10.8 Å². The minimum atomic E-state index is 0.110. The molecule has 3 aromatic rings. The lowest BCUT2D eigenvalue weighted by Crippen LogP contribution is -2.44. The highest BCUT2D eigenvalue weighted by Gasteiger charge is 2.18. The molecular weight excluding hydrogens is 370 g/mol. The number of rotatable bonds is 6. The summed E-state index contributed by atoms with van der Waals surface area (Å²) in [5.74, 6) is 0.110. The highest BCUT2D eigenvalue weighted by molar-refractivity contribution is 5.96. The van der Waals surface area contributed by atoms with Gasteiger partial charge in [0, 0.05) is 55.9 Å². The second-order valence-corrected chi connectivity index (χ2v) is 7.88. The lowest BCUT2D eigenvalue weighted by molar-refractivity contribution is 0.0773. The quantitative estimate of drug-likeness (QED) is 0.668. The van der Waals surface area contributed by atoms with Crippen LogP contribution in [0, 0.1) is 0 Å². The Hall–Kier alpha value is -2.85. The minimum Gasteiger partial charge on any atom is -0.368 e. The van der Waals surface area contributed by atoms with Crippen LogP contribution >= 0.6 is 0 Å². The van der Waals surface area contributed by atoms with Gasteiger partial charge in [0.15, 0.2) is 0 Å². The van der Waals surface area contributed by atoms with Crippen LogP contribution in [0.5, 0.6) is 0 Å². The Morgan fingerprint density at radius 1 is 0.933 bits per heavy atom. The molecule has 1 N–H and O–H groups in total. The first kappa shape index (κ1) is 20.4. The van der Waals surface area contributed by atoms with Crippen LogP contribution in [-0.2, 0) is 6.42 Å². The van der Waals surface area contributed by atoms with Gasteiger partial charge in [-0.25, -0.2) is 0 Å². The average molecular weight is 402 g/mol. The number of fused-ring (bicyclic) bond motifs is 1. The van der Waals surface area contributed by atoms with Crippen LogP contribution in [0.4, 0.5) is 5.69 Å². The molecule has 0 spiro atoms. The summed E-state index contributed by atoms with van der Waals surface area (Å²) in [6, 6.07) is 21.3. The molecule has 3 aromatic carbocycles. The molecule has 0 unspecified atom stereocenters. The summed E-state index contributed by atoms with van der Waals surface area (Å²) in [6.45, 7) is 9.61. The highest BCUT2D eigenvalue weighted by Crippen LogP contribution is 2.33. The van der Waals surface area contributed by atoms with Crippen molar-refractivity contribution in [2.24, 2.45) is 0 Å². The van der Waals surface area contributed by atoms with E-state index in [9.17, 15) is 4.79 Å². The Balaban J connectivity index is 1.64. The molecule has 30 heavy (non-hydrogen) atoms. The number of hydrogen-bond donors (Lipinski definition) is 1. The lowest BCUT2D eigenvalue weighted by Gasteiger charge is -2.32. The van der Waals surface area contributed by atoms with E-state index in [2.05, 4.69) is 58.7 Å². The van der Waals surface area contributed by atoms with Crippen LogP contribution < -0.4 is 10.2 Å². The Kier molecular flexibility index (Phi) is 6.34. The fraction of sp³-hybridized carbons (Fsp3) is 0.346. The number of anilines is 1. The van der Waals surface area contributed by atoms with E-state index in [1.165, 1.54) is 27.6 Å².